The van der Waals surface area contributed by atoms with Gasteiger partial charge in [-0.3, -0.25) is 9.48 Å². The molecule has 3 aliphatic rings. The van der Waals surface area contributed by atoms with Gasteiger partial charge in [0.15, 0.2) is 0 Å². The van der Waals surface area contributed by atoms with Crippen molar-refractivity contribution in [1.82, 2.24) is 20.0 Å². The van der Waals surface area contributed by atoms with Crippen molar-refractivity contribution in [2.75, 3.05) is 19.6 Å². The molecule has 5 nitrogen and oxygen atoms in total. The van der Waals surface area contributed by atoms with Crippen LogP contribution in [0.3, 0.4) is 0 Å². The summed E-state index contributed by atoms with van der Waals surface area (Å²) in [6, 6.07) is 2.78. The molecule has 23 heavy (non-hydrogen) atoms. The maximum Gasteiger partial charge on any atom is 0.274 e. The molecule has 1 aromatic rings. The van der Waals surface area contributed by atoms with Crippen LogP contribution in [0.5, 0.6) is 0 Å². The van der Waals surface area contributed by atoms with Gasteiger partial charge in [0.25, 0.3) is 5.91 Å². The van der Waals surface area contributed by atoms with E-state index in [2.05, 4.69) is 15.3 Å². The normalized spacial score (nSPS) is 31.7. The smallest absolute Gasteiger partial charge is 0.274 e. The van der Waals surface area contributed by atoms with Gasteiger partial charge in [0, 0.05) is 25.3 Å². The number of aromatic nitrogens is 2. The van der Waals surface area contributed by atoms with Gasteiger partial charge in [-0.1, -0.05) is 12.8 Å². The van der Waals surface area contributed by atoms with Gasteiger partial charge in [-0.25, -0.2) is 0 Å². The Morgan fingerprint density at radius 3 is 2.87 bits per heavy atom. The summed E-state index contributed by atoms with van der Waals surface area (Å²) in [6.07, 6.45) is 11.9. The zero-order valence-corrected chi connectivity index (χ0v) is 13.9. The molecule has 1 amide bonds. The minimum atomic E-state index is 0.157. The van der Waals surface area contributed by atoms with E-state index in [0.717, 1.165) is 38.4 Å². The van der Waals surface area contributed by atoms with Gasteiger partial charge in [0.2, 0.25) is 0 Å². The highest BCUT2D eigenvalue weighted by Crippen LogP contribution is 2.35. The van der Waals surface area contributed by atoms with Gasteiger partial charge >= 0.3 is 0 Å². The zero-order valence-electron chi connectivity index (χ0n) is 13.9. The summed E-state index contributed by atoms with van der Waals surface area (Å²) in [4.78, 5) is 15.1. The number of piperidine rings is 2. The average Bonchev–Trinajstić information content (AvgIpc) is 3.11. The Morgan fingerprint density at radius 1 is 1.13 bits per heavy atom. The number of hydrogen-bond acceptors (Lipinski definition) is 3. The second-order valence-corrected chi connectivity index (χ2v) is 7.43. The van der Waals surface area contributed by atoms with Gasteiger partial charge in [-0.05, 0) is 57.1 Å². The molecule has 3 heterocycles. The summed E-state index contributed by atoms with van der Waals surface area (Å²) >= 11 is 0. The summed E-state index contributed by atoms with van der Waals surface area (Å²) in [5.74, 6) is 0.884. The van der Waals surface area contributed by atoms with Crippen LogP contribution in [-0.4, -0.2) is 46.3 Å². The number of rotatable bonds is 2. The van der Waals surface area contributed by atoms with Crippen LogP contribution in [0, 0.1) is 5.92 Å². The number of carbonyl (C=O) groups excluding carboxylic acids is 1. The van der Waals surface area contributed by atoms with Crippen molar-refractivity contribution in [2.24, 2.45) is 5.92 Å². The quantitative estimate of drug-likeness (QED) is 0.912. The number of carbonyl (C=O) groups is 1. The second-order valence-electron chi connectivity index (χ2n) is 7.43. The van der Waals surface area contributed by atoms with Gasteiger partial charge in [-0.2, -0.15) is 5.10 Å². The Balaban J connectivity index is 1.48. The number of nitrogens with one attached hydrogen (secondary N) is 1. The van der Waals surface area contributed by atoms with E-state index in [1.807, 2.05) is 16.9 Å². The minimum Gasteiger partial charge on any atom is -0.334 e. The lowest BCUT2D eigenvalue weighted by Gasteiger charge is -2.43. The molecule has 0 bridgehead atoms. The fourth-order valence-corrected chi connectivity index (χ4v) is 4.74. The Labute approximate surface area is 138 Å². The first kappa shape index (κ1) is 15.2. The number of likely N-dealkylation sites (tertiary alicyclic amines) is 1. The summed E-state index contributed by atoms with van der Waals surface area (Å²) in [5, 5.41) is 8.05. The molecule has 126 valence electrons. The SMILES string of the molecule is O=C(c1ccn(C2CCCNC2)n1)N1CCCC2CCCCC21. The summed E-state index contributed by atoms with van der Waals surface area (Å²) in [5.41, 5.74) is 0.641. The monoisotopic (exact) mass is 316 g/mol. The maximum atomic E-state index is 13.0. The Hall–Kier alpha value is -1.36. The van der Waals surface area contributed by atoms with E-state index in [0.29, 0.717) is 17.8 Å². The van der Waals surface area contributed by atoms with Crippen LogP contribution in [0.25, 0.3) is 0 Å². The van der Waals surface area contributed by atoms with Crippen molar-refractivity contribution >= 4 is 5.91 Å². The van der Waals surface area contributed by atoms with Gasteiger partial charge < -0.3 is 10.2 Å². The standard InChI is InChI=1S/C18H28N4O/c23-18(21-11-4-6-14-5-1-2-8-17(14)21)16-9-12-22(20-16)15-7-3-10-19-13-15/h9,12,14-15,17,19H,1-8,10-11,13H2. The Bertz CT molecular complexity index is 547. The van der Waals surface area contributed by atoms with Crippen LogP contribution in [0.2, 0.25) is 0 Å². The molecular formula is C18H28N4O. The van der Waals surface area contributed by atoms with Crippen LogP contribution in [0.4, 0.5) is 0 Å². The maximum absolute atomic E-state index is 13.0. The molecule has 3 atom stereocenters. The van der Waals surface area contributed by atoms with E-state index in [-0.39, 0.29) is 5.91 Å². The molecule has 0 radical (unpaired) electrons. The molecule has 0 aromatic carbocycles. The molecule has 1 saturated carbocycles. The van der Waals surface area contributed by atoms with Crippen molar-refractivity contribution in [2.45, 2.75) is 63.5 Å². The number of nitrogens with zero attached hydrogens (tertiary/aromatic N) is 3. The third-order valence-electron chi connectivity index (χ3n) is 5.98. The molecule has 3 fully saturated rings. The molecule has 2 aliphatic heterocycles. The minimum absolute atomic E-state index is 0.157. The Kier molecular flexibility index (Phi) is 4.38. The van der Waals surface area contributed by atoms with Gasteiger partial charge in [0.1, 0.15) is 5.69 Å². The van der Waals surface area contributed by atoms with Crippen LogP contribution in [0.1, 0.15) is 67.9 Å². The first-order valence-electron chi connectivity index (χ1n) is 9.40. The molecule has 5 heteroatoms. The van der Waals surface area contributed by atoms with Crippen LogP contribution < -0.4 is 5.32 Å². The molecule has 1 aromatic heterocycles. The largest absolute Gasteiger partial charge is 0.334 e. The van der Waals surface area contributed by atoms with Gasteiger partial charge in [-0.15, -0.1) is 0 Å². The van der Waals surface area contributed by atoms with E-state index in [9.17, 15) is 4.79 Å². The summed E-state index contributed by atoms with van der Waals surface area (Å²) in [6.45, 7) is 2.97. The summed E-state index contributed by atoms with van der Waals surface area (Å²) in [7, 11) is 0. The lowest BCUT2D eigenvalue weighted by molar-refractivity contribution is 0.0384. The first-order valence-corrected chi connectivity index (χ1v) is 9.40. The molecular weight excluding hydrogens is 288 g/mol. The van der Waals surface area contributed by atoms with Crippen molar-refractivity contribution in [3.05, 3.63) is 18.0 Å². The predicted molar refractivity (Wildman–Crippen MR) is 89.4 cm³/mol. The highest BCUT2D eigenvalue weighted by molar-refractivity contribution is 5.92. The third-order valence-corrected chi connectivity index (χ3v) is 5.98. The fraction of sp³-hybridized carbons (Fsp3) is 0.778. The number of hydrogen-bond donors (Lipinski definition) is 1. The lowest BCUT2D eigenvalue weighted by atomic mass is 9.78. The van der Waals surface area contributed by atoms with E-state index in [1.54, 1.807) is 0 Å². The molecule has 2 saturated heterocycles. The van der Waals surface area contributed by atoms with Crippen molar-refractivity contribution in [3.63, 3.8) is 0 Å². The number of fused-ring (bicyclic) bond motifs is 1. The molecule has 0 spiro atoms. The summed E-state index contributed by atoms with van der Waals surface area (Å²) < 4.78 is 2.00. The lowest BCUT2D eigenvalue weighted by Crippen LogP contribution is -2.49. The van der Waals surface area contributed by atoms with Crippen molar-refractivity contribution in [1.29, 1.82) is 0 Å². The van der Waals surface area contributed by atoms with Crippen LogP contribution >= 0.6 is 0 Å². The second kappa shape index (κ2) is 6.63. The van der Waals surface area contributed by atoms with E-state index >= 15 is 0 Å². The first-order chi connectivity index (χ1) is 11.3. The highest BCUT2D eigenvalue weighted by atomic mass is 16.2. The van der Waals surface area contributed by atoms with Crippen molar-refractivity contribution < 1.29 is 4.79 Å². The topological polar surface area (TPSA) is 50.2 Å². The third kappa shape index (κ3) is 3.03. The van der Waals surface area contributed by atoms with Crippen LogP contribution in [-0.2, 0) is 0 Å². The molecule has 1 N–H and O–H groups in total. The van der Waals surface area contributed by atoms with E-state index < -0.39 is 0 Å². The zero-order chi connectivity index (χ0) is 15.6. The highest BCUT2D eigenvalue weighted by Gasteiger charge is 2.36. The Morgan fingerprint density at radius 2 is 2.00 bits per heavy atom. The molecule has 4 rings (SSSR count). The average molecular weight is 316 g/mol. The fourth-order valence-electron chi connectivity index (χ4n) is 4.74. The number of amides is 1. The predicted octanol–water partition coefficient (Wildman–Crippen LogP) is 2.60. The molecule has 3 unspecified atom stereocenters. The van der Waals surface area contributed by atoms with Crippen molar-refractivity contribution in [3.8, 4) is 0 Å². The van der Waals surface area contributed by atoms with Crippen LogP contribution in [0.15, 0.2) is 12.3 Å². The molecule has 1 aliphatic carbocycles. The van der Waals surface area contributed by atoms with Gasteiger partial charge in [0.05, 0.1) is 6.04 Å². The van der Waals surface area contributed by atoms with E-state index in [1.165, 1.54) is 38.5 Å². The van der Waals surface area contributed by atoms with E-state index in [4.69, 9.17) is 0 Å².